The standard InChI is InChI=1S/C12H8F2N4/c1-7-8(5-18-12(17-7)15-6-16-18)11-9(13)3-2-4-10(11)14/h2-6H,1H3. The van der Waals surface area contributed by atoms with Gasteiger partial charge in [0, 0.05) is 11.8 Å². The molecule has 0 atom stereocenters. The van der Waals surface area contributed by atoms with E-state index in [0.717, 1.165) is 0 Å². The fourth-order valence-electron chi connectivity index (χ4n) is 1.84. The molecule has 0 saturated heterocycles. The number of fused-ring (bicyclic) bond motifs is 1. The van der Waals surface area contributed by atoms with E-state index in [1.807, 2.05) is 0 Å². The van der Waals surface area contributed by atoms with Crippen molar-refractivity contribution in [1.29, 1.82) is 0 Å². The smallest absolute Gasteiger partial charge is 0.216 e. The molecule has 3 rings (SSSR count). The lowest BCUT2D eigenvalue weighted by Crippen LogP contribution is -1.99. The van der Waals surface area contributed by atoms with Crippen molar-refractivity contribution in [2.75, 3.05) is 0 Å². The SMILES string of the molecule is Cc1nc2ncnn2cc1-c1c(F)cccc1F. The third-order valence-electron chi connectivity index (χ3n) is 2.70. The number of aromatic nitrogens is 4. The molecule has 4 nitrogen and oxygen atoms in total. The number of benzene rings is 1. The molecule has 2 aromatic heterocycles. The Morgan fingerprint density at radius 1 is 1.17 bits per heavy atom. The Balaban J connectivity index is 2.34. The van der Waals surface area contributed by atoms with Crippen LogP contribution in [0.4, 0.5) is 8.78 Å². The summed E-state index contributed by atoms with van der Waals surface area (Å²) in [6.07, 6.45) is 2.86. The van der Waals surface area contributed by atoms with Crippen molar-refractivity contribution in [3.05, 3.63) is 48.1 Å². The Morgan fingerprint density at radius 2 is 1.89 bits per heavy atom. The lowest BCUT2D eigenvalue weighted by molar-refractivity contribution is 0.589. The van der Waals surface area contributed by atoms with E-state index in [4.69, 9.17) is 0 Å². The van der Waals surface area contributed by atoms with E-state index in [9.17, 15) is 8.78 Å². The molecule has 0 fully saturated rings. The molecule has 0 unspecified atom stereocenters. The lowest BCUT2D eigenvalue weighted by atomic mass is 10.1. The maximum absolute atomic E-state index is 13.7. The first kappa shape index (κ1) is 10.8. The largest absolute Gasteiger partial charge is 0.252 e. The average Bonchev–Trinajstić information content (AvgIpc) is 2.76. The van der Waals surface area contributed by atoms with Crippen LogP contribution < -0.4 is 0 Å². The van der Waals surface area contributed by atoms with E-state index >= 15 is 0 Å². The fourth-order valence-corrected chi connectivity index (χ4v) is 1.84. The number of aryl methyl sites for hydroxylation is 1. The summed E-state index contributed by atoms with van der Waals surface area (Å²) >= 11 is 0. The molecule has 0 amide bonds. The highest BCUT2D eigenvalue weighted by Gasteiger charge is 2.15. The van der Waals surface area contributed by atoms with Crippen LogP contribution in [0.1, 0.15) is 5.69 Å². The van der Waals surface area contributed by atoms with Gasteiger partial charge in [0.1, 0.15) is 18.0 Å². The van der Waals surface area contributed by atoms with Gasteiger partial charge < -0.3 is 0 Å². The van der Waals surface area contributed by atoms with Crippen LogP contribution in [0.25, 0.3) is 16.9 Å². The quantitative estimate of drug-likeness (QED) is 0.662. The van der Waals surface area contributed by atoms with E-state index in [2.05, 4.69) is 15.1 Å². The van der Waals surface area contributed by atoms with Gasteiger partial charge in [-0.25, -0.2) is 18.3 Å². The molecule has 2 heterocycles. The number of nitrogens with zero attached hydrogens (tertiary/aromatic N) is 4. The van der Waals surface area contributed by atoms with E-state index in [-0.39, 0.29) is 5.56 Å². The summed E-state index contributed by atoms with van der Waals surface area (Å²) in [5.74, 6) is -0.855. The van der Waals surface area contributed by atoms with Crippen molar-refractivity contribution in [2.45, 2.75) is 6.92 Å². The molecular formula is C12H8F2N4. The maximum Gasteiger partial charge on any atom is 0.252 e. The Labute approximate surface area is 101 Å². The Morgan fingerprint density at radius 3 is 2.61 bits per heavy atom. The van der Waals surface area contributed by atoms with Crippen molar-refractivity contribution < 1.29 is 8.78 Å². The monoisotopic (exact) mass is 246 g/mol. The Bertz CT molecular complexity index is 716. The van der Waals surface area contributed by atoms with Gasteiger partial charge in [0.15, 0.2) is 0 Å². The number of rotatable bonds is 1. The lowest BCUT2D eigenvalue weighted by Gasteiger charge is -2.07. The van der Waals surface area contributed by atoms with Gasteiger partial charge in [-0.05, 0) is 19.1 Å². The second-order valence-corrected chi connectivity index (χ2v) is 3.84. The molecule has 0 bridgehead atoms. The summed E-state index contributed by atoms with van der Waals surface area (Å²) in [5, 5.41) is 3.90. The van der Waals surface area contributed by atoms with Crippen LogP contribution in [0, 0.1) is 18.6 Å². The molecular weight excluding hydrogens is 238 g/mol. The van der Waals surface area contributed by atoms with Gasteiger partial charge in [-0.2, -0.15) is 10.1 Å². The Kier molecular flexibility index (Phi) is 2.29. The van der Waals surface area contributed by atoms with Gasteiger partial charge in [-0.1, -0.05) is 6.07 Å². The van der Waals surface area contributed by atoms with Crippen molar-refractivity contribution in [3.8, 4) is 11.1 Å². The normalized spacial score (nSPS) is 11.1. The summed E-state index contributed by atoms with van der Waals surface area (Å²) in [6.45, 7) is 1.68. The molecule has 1 aromatic carbocycles. The number of halogens is 2. The van der Waals surface area contributed by atoms with Crippen LogP contribution in [0.3, 0.4) is 0 Å². The van der Waals surface area contributed by atoms with Gasteiger partial charge in [0.2, 0.25) is 0 Å². The average molecular weight is 246 g/mol. The van der Waals surface area contributed by atoms with Gasteiger partial charge in [-0.15, -0.1) is 0 Å². The van der Waals surface area contributed by atoms with Gasteiger partial charge in [0.25, 0.3) is 5.78 Å². The minimum atomic E-state index is -0.626. The van der Waals surface area contributed by atoms with Crippen LogP contribution in [0.15, 0.2) is 30.7 Å². The predicted molar refractivity (Wildman–Crippen MR) is 60.9 cm³/mol. The first-order valence-electron chi connectivity index (χ1n) is 5.28. The van der Waals surface area contributed by atoms with Crippen LogP contribution in [-0.2, 0) is 0 Å². The van der Waals surface area contributed by atoms with Gasteiger partial charge in [-0.3, -0.25) is 0 Å². The zero-order valence-corrected chi connectivity index (χ0v) is 9.43. The van der Waals surface area contributed by atoms with Gasteiger partial charge in [0.05, 0.1) is 11.3 Å². The zero-order valence-electron chi connectivity index (χ0n) is 9.43. The summed E-state index contributed by atoms with van der Waals surface area (Å²) in [6, 6.07) is 3.75. The van der Waals surface area contributed by atoms with Crippen LogP contribution in [-0.4, -0.2) is 19.6 Å². The van der Waals surface area contributed by atoms with Gasteiger partial charge >= 0.3 is 0 Å². The van der Waals surface area contributed by atoms with E-state index in [1.165, 1.54) is 35.2 Å². The first-order valence-corrected chi connectivity index (χ1v) is 5.28. The van der Waals surface area contributed by atoms with Crippen molar-refractivity contribution >= 4 is 5.78 Å². The summed E-state index contributed by atoms with van der Waals surface area (Å²) in [7, 11) is 0. The van der Waals surface area contributed by atoms with Crippen molar-refractivity contribution in [2.24, 2.45) is 0 Å². The Hall–Kier alpha value is -2.37. The minimum absolute atomic E-state index is 0.0973. The highest BCUT2D eigenvalue weighted by atomic mass is 19.1. The summed E-state index contributed by atoms with van der Waals surface area (Å²) in [5.41, 5.74) is 0.767. The zero-order chi connectivity index (χ0) is 12.7. The minimum Gasteiger partial charge on any atom is -0.216 e. The van der Waals surface area contributed by atoms with Crippen molar-refractivity contribution in [3.63, 3.8) is 0 Å². The molecule has 3 aromatic rings. The summed E-state index contributed by atoms with van der Waals surface area (Å²) < 4.78 is 28.8. The third-order valence-corrected chi connectivity index (χ3v) is 2.70. The number of hydrogen-bond donors (Lipinski definition) is 0. The number of hydrogen-bond acceptors (Lipinski definition) is 3. The molecule has 90 valence electrons. The fraction of sp³-hybridized carbons (Fsp3) is 0.0833. The molecule has 18 heavy (non-hydrogen) atoms. The topological polar surface area (TPSA) is 43.1 Å². The third kappa shape index (κ3) is 1.54. The highest BCUT2D eigenvalue weighted by Crippen LogP contribution is 2.27. The van der Waals surface area contributed by atoms with Crippen LogP contribution in [0.2, 0.25) is 0 Å². The first-order chi connectivity index (χ1) is 8.66. The molecule has 0 radical (unpaired) electrons. The molecule has 0 aliphatic carbocycles. The van der Waals surface area contributed by atoms with E-state index in [0.29, 0.717) is 17.0 Å². The van der Waals surface area contributed by atoms with Crippen molar-refractivity contribution in [1.82, 2.24) is 19.6 Å². The second kappa shape index (κ2) is 3.83. The van der Waals surface area contributed by atoms with Crippen LogP contribution >= 0.6 is 0 Å². The molecule has 0 saturated carbocycles. The maximum atomic E-state index is 13.7. The van der Waals surface area contributed by atoms with E-state index < -0.39 is 11.6 Å². The molecule has 0 aliphatic rings. The summed E-state index contributed by atoms with van der Waals surface area (Å²) in [4.78, 5) is 8.06. The molecule has 0 spiro atoms. The highest BCUT2D eigenvalue weighted by molar-refractivity contribution is 5.67. The van der Waals surface area contributed by atoms with E-state index in [1.54, 1.807) is 6.92 Å². The predicted octanol–water partition coefficient (Wildman–Crippen LogP) is 2.38. The van der Waals surface area contributed by atoms with Crippen LogP contribution in [0.5, 0.6) is 0 Å². The second-order valence-electron chi connectivity index (χ2n) is 3.84. The molecule has 0 N–H and O–H groups in total. The molecule has 6 heteroatoms. The molecule has 0 aliphatic heterocycles.